The highest BCUT2D eigenvalue weighted by Crippen LogP contribution is 2.19. The lowest BCUT2D eigenvalue weighted by molar-refractivity contribution is -0.153. The van der Waals surface area contributed by atoms with Gasteiger partial charge in [0, 0.05) is 0 Å². The van der Waals surface area contributed by atoms with Crippen molar-refractivity contribution in [2.24, 2.45) is 0 Å². The highest BCUT2D eigenvalue weighted by molar-refractivity contribution is 5.84. The molecule has 0 aromatic heterocycles. The molecule has 23 heavy (non-hydrogen) atoms. The summed E-state index contributed by atoms with van der Waals surface area (Å²) in [6.45, 7) is 2.17. The molecule has 1 heterocycles. The molecular weight excluding hydrogens is 302 g/mol. The molecule has 1 fully saturated rings. The molecule has 7 nitrogen and oxygen atoms in total. The van der Waals surface area contributed by atoms with Gasteiger partial charge in [-0.2, -0.15) is 0 Å². The number of allylic oxidation sites excluding steroid dienone is 1. The Morgan fingerprint density at radius 2 is 1.91 bits per heavy atom. The van der Waals surface area contributed by atoms with E-state index in [9.17, 15) is 24.9 Å². The fourth-order valence-electron chi connectivity index (χ4n) is 2.35. The average Bonchev–Trinajstić information content (AvgIpc) is 2.80. The molecular formula is C16H27NO6. The molecule has 0 radical (unpaired) electrons. The molecule has 0 bridgehead atoms. The third kappa shape index (κ3) is 6.29. The molecule has 0 aliphatic carbocycles. The molecule has 4 atom stereocenters. The fraction of sp³-hybridized carbons (Fsp3) is 0.750. The van der Waals surface area contributed by atoms with Crippen molar-refractivity contribution in [3.05, 3.63) is 12.3 Å². The monoisotopic (exact) mass is 329 g/mol. The fourth-order valence-corrected chi connectivity index (χ4v) is 2.35. The summed E-state index contributed by atoms with van der Waals surface area (Å²) in [4.78, 5) is 22.8. The van der Waals surface area contributed by atoms with Crippen LogP contribution in [0.25, 0.3) is 0 Å². The Morgan fingerprint density at radius 3 is 2.52 bits per heavy atom. The van der Waals surface area contributed by atoms with Crippen LogP contribution in [0.2, 0.25) is 0 Å². The number of carbonyl (C=O) groups excluding carboxylic acids is 2. The molecule has 1 saturated heterocycles. The minimum absolute atomic E-state index is 0.796. The number of nitrogens with one attached hydrogen (secondary N) is 1. The quantitative estimate of drug-likeness (QED) is 0.340. The summed E-state index contributed by atoms with van der Waals surface area (Å²) in [5.41, 5.74) is 0. The van der Waals surface area contributed by atoms with Crippen LogP contribution >= 0.6 is 0 Å². The Balaban J connectivity index is 2.20. The maximum atomic E-state index is 11.7. The summed E-state index contributed by atoms with van der Waals surface area (Å²) >= 11 is 0. The number of hydrogen-bond acceptors (Lipinski definition) is 6. The van der Waals surface area contributed by atoms with Gasteiger partial charge in [0.05, 0.1) is 0 Å². The Kier molecular flexibility index (Phi) is 8.83. The van der Waals surface area contributed by atoms with Crippen molar-refractivity contribution in [2.75, 3.05) is 0 Å². The first-order valence-electron chi connectivity index (χ1n) is 8.19. The molecule has 1 rings (SSSR count). The SMILES string of the molecule is CCCCCCCCC=CNC(=O)C(O)[C@H]1OC(=O)[C@@H](O)[C@H]1O. The topological polar surface area (TPSA) is 116 Å². The molecule has 4 N–H and O–H groups in total. The highest BCUT2D eigenvalue weighted by atomic mass is 16.6. The van der Waals surface area contributed by atoms with Gasteiger partial charge in [0.1, 0.15) is 6.10 Å². The van der Waals surface area contributed by atoms with E-state index in [2.05, 4.69) is 17.0 Å². The molecule has 0 saturated carbocycles. The predicted octanol–water partition coefficient (Wildman–Crippen LogP) is 0.375. The number of ether oxygens (including phenoxy) is 1. The smallest absolute Gasteiger partial charge is 0.338 e. The van der Waals surface area contributed by atoms with Gasteiger partial charge in [-0.15, -0.1) is 0 Å². The minimum Gasteiger partial charge on any atom is -0.454 e. The van der Waals surface area contributed by atoms with Gasteiger partial charge in [0.2, 0.25) is 0 Å². The zero-order valence-corrected chi connectivity index (χ0v) is 13.5. The van der Waals surface area contributed by atoms with E-state index in [1.54, 1.807) is 6.08 Å². The number of carbonyl (C=O) groups is 2. The first-order chi connectivity index (χ1) is 11.0. The summed E-state index contributed by atoms with van der Waals surface area (Å²) in [6, 6.07) is 0. The van der Waals surface area contributed by atoms with E-state index in [4.69, 9.17) is 0 Å². The third-order valence-corrected chi connectivity index (χ3v) is 3.80. The van der Waals surface area contributed by atoms with Crippen molar-refractivity contribution in [3.63, 3.8) is 0 Å². The Bertz CT molecular complexity index is 411. The van der Waals surface area contributed by atoms with Gasteiger partial charge in [0.15, 0.2) is 18.3 Å². The summed E-state index contributed by atoms with van der Waals surface area (Å²) < 4.78 is 4.59. The highest BCUT2D eigenvalue weighted by Gasteiger charge is 2.48. The number of aliphatic hydroxyl groups excluding tert-OH is 3. The first-order valence-corrected chi connectivity index (χ1v) is 8.19. The number of hydrogen-bond donors (Lipinski definition) is 4. The van der Waals surface area contributed by atoms with Crippen LogP contribution in [0.4, 0.5) is 0 Å². The molecule has 7 heteroatoms. The lowest BCUT2D eigenvalue weighted by atomic mass is 10.1. The van der Waals surface area contributed by atoms with Crippen molar-refractivity contribution in [3.8, 4) is 0 Å². The number of cyclic esters (lactones) is 1. The summed E-state index contributed by atoms with van der Waals surface area (Å²) in [5.74, 6) is -1.84. The second-order valence-electron chi connectivity index (χ2n) is 5.75. The van der Waals surface area contributed by atoms with Gasteiger partial charge in [-0.05, 0) is 19.0 Å². The second kappa shape index (κ2) is 10.4. The van der Waals surface area contributed by atoms with Crippen LogP contribution in [0.15, 0.2) is 12.3 Å². The van der Waals surface area contributed by atoms with Crippen LogP contribution in [0.3, 0.4) is 0 Å². The van der Waals surface area contributed by atoms with E-state index in [1.807, 2.05) is 0 Å². The predicted molar refractivity (Wildman–Crippen MR) is 83.2 cm³/mol. The Morgan fingerprint density at radius 1 is 1.26 bits per heavy atom. The summed E-state index contributed by atoms with van der Waals surface area (Å²) in [7, 11) is 0. The lowest BCUT2D eigenvalue weighted by Gasteiger charge is -2.18. The minimum atomic E-state index is -1.73. The standard InChI is InChI=1S/C16H27NO6/c1-2-3-4-5-6-7-8-9-10-17-15(21)13(20)14-11(18)12(19)16(22)23-14/h9-14,18-20H,2-8H2,1H3,(H,17,21)/t11-,12+,13?,14+/m1/s1. The zero-order valence-electron chi connectivity index (χ0n) is 13.5. The summed E-state index contributed by atoms with van der Waals surface area (Å²) in [6.07, 6.45) is 4.61. The number of amides is 1. The lowest BCUT2D eigenvalue weighted by Crippen LogP contribution is -2.46. The van der Waals surface area contributed by atoms with Crippen LogP contribution in [-0.2, 0) is 14.3 Å². The first kappa shape index (κ1) is 19.6. The van der Waals surface area contributed by atoms with Gasteiger partial charge in [-0.3, -0.25) is 4.79 Å². The van der Waals surface area contributed by atoms with Crippen LogP contribution in [0, 0.1) is 0 Å². The van der Waals surface area contributed by atoms with Crippen molar-refractivity contribution in [1.29, 1.82) is 0 Å². The van der Waals surface area contributed by atoms with Gasteiger partial charge in [-0.1, -0.05) is 45.1 Å². The van der Waals surface area contributed by atoms with Crippen LogP contribution in [-0.4, -0.2) is 51.6 Å². The number of aliphatic hydroxyl groups is 3. The maximum Gasteiger partial charge on any atom is 0.338 e. The molecule has 1 aliphatic rings. The van der Waals surface area contributed by atoms with Crippen molar-refractivity contribution < 1.29 is 29.6 Å². The van der Waals surface area contributed by atoms with Crippen molar-refractivity contribution in [2.45, 2.75) is 76.3 Å². The largest absolute Gasteiger partial charge is 0.454 e. The number of rotatable bonds is 10. The molecule has 0 spiro atoms. The molecule has 132 valence electrons. The second-order valence-corrected chi connectivity index (χ2v) is 5.75. The third-order valence-electron chi connectivity index (χ3n) is 3.80. The van der Waals surface area contributed by atoms with E-state index >= 15 is 0 Å². The molecule has 0 aromatic carbocycles. The normalized spacial score (nSPS) is 25.6. The van der Waals surface area contributed by atoms with Crippen molar-refractivity contribution >= 4 is 11.9 Å². The average molecular weight is 329 g/mol. The van der Waals surface area contributed by atoms with E-state index in [-0.39, 0.29) is 0 Å². The van der Waals surface area contributed by atoms with Crippen LogP contribution in [0.1, 0.15) is 51.9 Å². The van der Waals surface area contributed by atoms with Crippen LogP contribution < -0.4 is 5.32 Å². The maximum absolute atomic E-state index is 11.7. The van der Waals surface area contributed by atoms with Gasteiger partial charge in [-0.25, -0.2) is 4.79 Å². The zero-order chi connectivity index (χ0) is 17.2. The van der Waals surface area contributed by atoms with E-state index < -0.39 is 36.3 Å². The van der Waals surface area contributed by atoms with Crippen LogP contribution in [0.5, 0.6) is 0 Å². The molecule has 1 unspecified atom stereocenters. The summed E-state index contributed by atoms with van der Waals surface area (Å²) in [5, 5.41) is 30.9. The molecule has 1 amide bonds. The number of unbranched alkanes of at least 4 members (excludes halogenated alkanes) is 6. The van der Waals surface area contributed by atoms with E-state index in [1.165, 1.54) is 31.9 Å². The Hall–Kier alpha value is -1.44. The van der Waals surface area contributed by atoms with Gasteiger partial charge < -0.3 is 25.4 Å². The van der Waals surface area contributed by atoms with Crippen molar-refractivity contribution in [1.82, 2.24) is 5.32 Å². The van der Waals surface area contributed by atoms with Gasteiger partial charge >= 0.3 is 5.97 Å². The number of esters is 1. The molecule has 0 aromatic rings. The Labute approximate surface area is 136 Å². The van der Waals surface area contributed by atoms with E-state index in [0.717, 1.165) is 19.3 Å². The van der Waals surface area contributed by atoms with E-state index in [0.29, 0.717) is 0 Å². The van der Waals surface area contributed by atoms with Gasteiger partial charge in [0.25, 0.3) is 5.91 Å². The molecule has 1 aliphatic heterocycles.